The molecule has 1 atom stereocenters. The predicted octanol–water partition coefficient (Wildman–Crippen LogP) is 1.77. The molecule has 1 nitrogen and oxygen atoms in total. The third kappa shape index (κ3) is 4.06. The van der Waals surface area contributed by atoms with Gasteiger partial charge in [0.1, 0.15) is 6.17 Å². The molecule has 0 radical (unpaired) electrons. The highest BCUT2D eigenvalue weighted by Crippen LogP contribution is 1.95. The Labute approximate surface area is 49.8 Å². The van der Waals surface area contributed by atoms with E-state index in [9.17, 15) is 4.39 Å². The van der Waals surface area contributed by atoms with Crippen molar-refractivity contribution in [3.8, 4) is 0 Å². The van der Waals surface area contributed by atoms with Crippen LogP contribution in [0.15, 0.2) is 0 Å². The van der Waals surface area contributed by atoms with E-state index in [-0.39, 0.29) is 6.61 Å². The van der Waals surface area contributed by atoms with E-state index in [1.807, 2.05) is 13.8 Å². The fourth-order valence-corrected chi connectivity index (χ4v) is 0.364. The minimum absolute atomic E-state index is 0.257. The van der Waals surface area contributed by atoms with Gasteiger partial charge in [-0.05, 0) is 13.3 Å². The highest BCUT2D eigenvalue weighted by molar-refractivity contribution is 4.47. The van der Waals surface area contributed by atoms with Crippen LogP contribution in [-0.4, -0.2) is 19.4 Å². The zero-order valence-corrected chi connectivity index (χ0v) is 5.48. The highest BCUT2D eigenvalue weighted by atomic mass is 19.1. The molecule has 0 rings (SSSR count). The second kappa shape index (κ2) is 5.04. The van der Waals surface area contributed by atoms with Gasteiger partial charge in [-0.15, -0.1) is 0 Å². The summed E-state index contributed by atoms with van der Waals surface area (Å²) >= 11 is 0. The van der Waals surface area contributed by atoms with E-state index >= 15 is 0 Å². The smallest absolute Gasteiger partial charge is 0.123 e. The molecule has 0 spiro atoms. The van der Waals surface area contributed by atoms with Crippen molar-refractivity contribution < 1.29 is 9.13 Å². The van der Waals surface area contributed by atoms with Gasteiger partial charge < -0.3 is 4.74 Å². The van der Waals surface area contributed by atoms with Crippen molar-refractivity contribution in [1.82, 2.24) is 0 Å². The lowest BCUT2D eigenvalue weighted by atomic mass is 10.3. The summed E-state index contributed by atoms with van der Waals surface area (Å²) in [5.41, 5.74) is 0. The van der Waals surface area contributed by atoms with Crippen molar-refractivity contribution in [2.75, 3.05) is 13.2 Å². The minimum atomic E-state index is -0.769. The van der Waals surface area contributed by atoms with Gasteiger partial charge in [0, 0.05) is 6.61 Å². The lowest BCUT2D eigenvalue weighted by molar-refractivity contribution is 0.0880. The number of hydrogen-bond acceptors (Lipinski definition) is 1. The molecule has 0 aromatic heterocycles. The first-order valence-electron chi connectivity index (χ1n) is 3.03. The number of hydrogen-bond donors (Lipinski definition) is 0. The summed E-state index contributed by atoms with van der Waals surface area (Å²) in [4.78, 5) is 0. The monoisotopic (exact) mass is 120 g/mol. The quantitative estimate of drug-likeness (QED) is 0.549. The summed E-state index contributed by atoms with van der Waals surface area (Å²) < 4.78 is 17.0. The van der Waals surface area contributed by atoms with E-state index in [1.165, 1.54) is 0 Å². The van der Waals surface area contributed by atoms with Crippen LogP contribution in [-0.2, 0) is 4.74 Å². The molecule has 0 bridgehead atoms. The molecule has 0 aromatic rings. The Balaban J connectivity index is 2.86. The van der Waals surface area contributed by atoms with Crippen molar-refractivity contribution in [3.63, 3.8) is 0 Å². The zero-order valence-electron chi connectivity index (χ0n) is 5.48. The first kappa shape index (κ1) is 7.89. The van der Waals surface area contributed by atoms with Gasteiger partial charge in [0.25, 0.3) is 0 Å². The number of ether oxygens (including phenoxy) is 1. The van der Waals surface area contributed by atoms with E-state index in [0.29, 0.717) is 13.0 Å². The summed E-state index contributed by atoms with van der Waals surface area (Å²) in [6.45, 7) is 4.54. The van der Waals surface area contributed by atoms with Crippen LogP contribution in [0.3, 0.4) is 0 Å². The Morgan fingerprint density at radius 3 is 2.50 bits per heavy atom. The van der Waals surface area contributed by atoms with Crippen LogP contribution in [0.4, 0.5) is 4.39 Å². The molecule has 0 aliphatic heterocycles. The van der Waals surface area contributed by atoms with E-state index in [2.05, 4.69) is 0 Å². The molecular weight excluding hydrogens is 107 g/mol. The highest BCUT2D eigenvalue weighted by Gasteiger charge is 1.99. The first-order valence-corrected chi connectivity index (χ1v) is 3.03. The molecule has 0 aromatic carbocycles. The Morgan fingerprint density at radius 1 is 1.50 bits per heavy atom. The lowest BCUT2D eigenvalue weighted by Gasteiger charge is -2.02. The van der Waals surface area contributed by atoms with Crippen LogP contribution in [0.1, 0.15) is 20.3 Å². The van der Waals surface area contributed by atoms with Crippen LogP contribution >= 0.6 is 0 Å². The number of halogens is 1. The maximum atomic E-state index is 12.2. The second-order valence-electron chi connectivity index (χ2n) is 1.66. The van der Waals surface area contributed by atoms with Crippen LogP contribution in [0.25, 0.3) is 0 Å². The molecule has 2 heteroatoms. The van der Waals surface area contributed by atoms with Gasteiger partial charge in [-0.1, -0.05) is 6.92 Å². The Bertz CT molecular complexity index is 47.8. The molecule has 0 heterocycles. The summed E-state index contributed by atoms with van der Waals surface area (Å²) in [6.07, 6.45) is -0.213. The number of rotatable bonds is 4. The summed E-state index contributed by atoms with van der Waals surface area (Å²) in [5, 5.41) is 0. The van der Waals surface area contributed by atoms with E-state index in [1.54, 1.807) is 0 Å². The largest absolute Gasteiger partial charge is 0.379 e. The predicted molar refractivity (Wildman–Crippen MR) is 31.7 cm³/mol. The summed E-state index contributed by atoms with van der Waals surface area (Å²) in [6, 6.07) is 0. The average molecular weight is 120 g/mol. The number of alkyl halides is 1. The van der Waals surface area contributed by atoms with Crippen molar-refractivity contribution in [2.24, 2.45) is 0 Å². The molecule has 0 amide bonds. The Kier molecular flexibility index (Phi) is 4.97. The minimum Gasteiger partial charge on any atom is -0.379 e. The van der Waals surface area contributed by atoms with E-state index in [4.69, 9.17) is 4.74 Å². The molecule has 0 N–H and O–H groups in total. The van der Waals surface area contributed by atoms with Gasteiger partial charge in [0.2, 0.25) is 0 Å². The van der Waals surface area contributed by atoms with Gasteiger partial charge >= 0.3 is 0 Å². The van der Waals surface area contributed by atoms with Gasteiger partial charge in [0.15, 0.2) is 0 Å². The van der Waals surface area contributed by atoms with Crippen molar-refractivity contribution in [1.29, 1.82) is 0 Å². The van der Waals surface area contributed by atoms with Crippen molar-refractivity contribution in [3.05, 3.63) is 0 Å². The molecule has 0 saturated heterocycles. The van der Waals surface area contributed by atoms with Crippen molar-refractivity contribution in [2.45, 2.75) is 26.4 Å². The van der Waals surface area contributed by atoms with Crippen LogP contribution in [0.5, 0.6) is 0 Å². The topological polar surface area (TPSA) is 9.23 Å². The van der Waals surface area contributed by atoms with E-state index in [0.717, 1.165) is 0 Å². The van der Waals surface area contributed by atoms with Crippen LogP contribution in [0, 0.1) is 0 Å². The van der Waals surface area contributed by atoms with E-state index < -0.39 is 6.17 Å². The van der Waals surface area contributed by atoms with Gasteiger partial charge in [-0.25, -0.2) is 4.39 Å². The van der Waals surface area contributed by atoms with Gasteiger partial charge in [0.05, 0.1) is 6.61 Å². The second-order valence-corrected chi connectivity index (χ2v) is 1.66. The van der Waals surface area contributed by atoms with Crippen molar-refractivity contribution >= 4 is 0 Å². The standard InChI is InChI=1S/C6H13FO/c1-3-6(7)5-8-4-2/h6H,3-5H2,1-2H3/t6-/m0/s1. The Morgan fingerprint density at radius 2 is 2.12 bits per heavy atom. The molecular formula is C6H13FO. The van der Waals surface area contributed by atoms with Crippen LogP contribution in [0.2, 0.25) is 0 Å². The third-order valence-electron chi connectivity index (χ3n) is 0.946. The SMILES string of the molecule is CCOC[C@@H](F)CC. The fourth-order valence-electron chi connectivity index (χ4n) is 0.364. The normalized spacial score (nSPS) is 13.9. The maximum absolute atomic E-state index is 12.2. The van der Waals surface area contributed by atoms with Gasteiger partial charge in [-0.2, -0.15) is 0 Å². The molecule has 0 aliphatic carbocycles. The third-order valence-corrected chi connectivity index (χ3v) is 0.946. The molecule has 50 valence electrons. The Hall–Kier alpha value is -0.110. The summed E-state index contributed by atoms with van der Waals surface area (Å²) in [7, 11) is 0. The lowest BCUT2D eigenvalue weighted by Crippen LogP contribution is -2.07. The molecule has 0 fully saturated rings. The fraction of sp³-hybridized carbons (Fsp3) is 1.00. The zero-order chi connectivity index (χ0) is 6.41. The molecule has 0 unspecified atom stereocenters. The molecule has 0 aliphatic rings. The van der Waals surface area contributed by atoms with Crippen LogP contribution < -0.4 is 0 Å². The molecule has 8 heavy (non-hydrogen) atoms. The maximum Gasteiger partial charge on any atom is 0.123 e. The molecule has 0 saturated carbocycles. The summed E-state index contributed by atoms with van der Waals surface area (Å²) in [5.74, 6) is 0. The average Bonchev–Trinajstić information content (AvgIpc) is 1.83. The first-order chi connectivity index (χ1) is 3.81. The van der Waals surface area contributed by atoms with Gasteiger partial charge in [-0.3, -0.25) is 0 Å².